The normalized spacial score (nSPS) is 13.7. The molecule has 0 aromatic rings. The fraction of sp³-hybridized carbons (Fsp3) is 1.00. The summed E-state index contributed by atoms with van der Waals surface area (Å²) in [6.07, 6.45) is 0. The Kier molecular flexibility index (Phi) is 6.58. The van der Waals surface area contributed by atoms with Crippen LogP contribution in [0, 0.1) is 5.92 Å². The van der Waals surface area contributed by atoms with E-state index < -0.39 is 0 Å². The predicted octanol–water partition coefficient (Wildman–Crippen LogP) is 1.27. The van der Waals surface area contributed by atoms with Crippen LogP contribution in [0.3, 0.4) is 0 Å². The molecule has 0 aliphatic carbocycles. The lowest BCUT2D eigenvalue weighted by Crippen LogP contribution is -2.11. The van der Waals surface area contributed by atoms with Crippen molar-refractivity contribution in [1.82, 2.24) is 0 Å². The van der Waals surface area contributed by atoms with Gasteiger partial charge >= 0.3 is 0 Å². The Balaban J connectivity index is 2.95. The monoisotopic (exact) mass is 149 g/mol. The Morgan fingerprint density at radius 2 is 2.33 bits per heavy atom. The molecule has 0 bridgehead atoms. The number of hydrogen-bond acceptors (Lipinski definition) is 3. The largest absolute Gasteiger partial charge is 0.304 e. The summed E-state index contributed by atoms with van der Waals surface area (Å²) in [4.78, 5) is 4.49. The first-order chi connectivity index (χ1) is 4.31. The summed E-state index contributed by atoms with van der Waals surface area (Å²) in [5.74, 6) is 7.80. The molecule has 56 valence electrons. The third-order valence-corrected chi connectivity index (χ3v) is 2.20. The topological polar surface area (TPSA) is 35.2 Å². The second kappa shape index (κ2) is 6.39. The Morgan fingerprint density at radius 1 is 1.67 bits per heavy atom. The molecule has 0 fully saturated rings. The molecule has 0 spiro atoms. The lowest BCUT2D eigenvalue weighted by molar-refractivity contribution is 0.114. The standard InChI is InChI=1S/C6H15NOS/c1-3-9-5-6(2)4-8-7/h6H,3-5,7H2,1-2H3. The van der Waals surface area contributed by atoms with E-state index in [1.54, 1.807) is 0 Å². The first kappa shape index (κ1) is 9.27. The van der Waals surface area contributed by atoms with E-state index in [0.29, 0.717) is 12.5 Å². The van der Waals surface area contributed by atoms with E-state index in [2.05, 4.69) is 18.7 Å². The molecule has 0 aliphatic rings. The van der Waals surface area contributed by atoms with Crippen molar-refractivity contribution in [2.45, 2.75) is 13.8 Å². The third-order valence-electron chi connectivity index (χ3n) is 0.987. The minimum atomic E-state index is 0.583. The van der Waals surface area contributed by atoms with Gasteiger partial charge in [0.25, 0.3) is 0 Å². The highest BCUT2D eigenvalue weighted by molar-refractivity contribution is 7.99. The highest BCUT2D eigenvalue weighted by Gasteiger charge is 1.98. The van der Waals surface area contributed by atoms with Gasteiger partial charge in [0.05, 0.1) is 6.61 Å². The highest BCUT2D eigenvalue weighted by Crippen LogP contribution is 2.06. The maximum absolute atomic E-state index is 4.89. The molecule has 3 heteroatoms. The summed E-state index contributed by atoms with van der Waals surface area (Å²) >= 11 is 1.92. The van der Waals surface area contributed by atoms with Crippen molar-refractivity contribution in [3.8, 4) is 0 Å². The first-order valence-electron chi connectivity index (χ1n) is 3.20. The van der Waals surface area contributed by atoms with Gasteiger partial charge in [-0.3, -0.25) is 0 Å². The zero-order chi connectivity index (χ0) is 7.11. The van der Waals surface area contributed by atoms with Gasteiger partial charge in [-0.05, 0) is 17.4 Å². The Hall–Kier alpha value is 0.270. The van der Waals surface area contributed by atoms with Crippen molar-refractivity contribution in [3.05, 3.63) is 0 Å². The zero-order valence-electron chi connectivity index (χ0n) is 6.09. The van der Waals surface area contributed by atoms with Gasteiger partial charge in [-0.25, -0.2) is 5.90 Å². The summed E-state index contributed by atoms with van der Waals surface area (Å²) in [6.45, 7) is 4.96. The zero-order valence-corrected chi connectivity index (χ0v) is 6.91. The average Bonchev–Trinajstić information content (AvgIpc) is 1.85. The van der Waals surface area contributed by atoms with E-state index in [1.807, 2.05) is 11.8 Å². The fourth-order valence-corrected chi connectivity index (χ4v) is 1.27. The molecular weight excluding hydrogens is 134 g/mol. The molecule has 0 aliphatic heterocycles. The van der Waals surface area contributed by atoms with Gasteiger partial charge in [0.1, 0.15) is 0 Å². The van der Waals surface area contributed by atoms with Crippen LogP contribution in [0.25, 0.3) is 0 Å². The summed E-state index contributed by atoms with van der Waals surface area (Å²) in [5, 5.41) is 0. The van der Waals surface area contributed by atoms with Crippen molar-refractivity contribution >= 4 is 11.8 Å². The van der Waals surface area contributed by atoms with Crippen LogP contribution in [0.1, 0.15) is 13.8 Å². The van der Waals surface area contributed by atoms with E-state index in [-0.39, 0.29) is 0 Å². The van der Waals surface area contributed by atoms with Gasteiger partial charge in [-0.1, -0.05) is 13.8 Å². The highest BCUT2D eigenvalue weighted by atomic mass is 32.2. The van der Waals surface area contributed by atoms with E-state index in [1.165, 1.54) is 5.75 Å². The molecule has 0 amide bonds. The SMILES string of the molecule is CCSCC(C)CON. The van der Waals surface area contributed by atoms with Crippen molar-refractivity contribution in [1.29, 1.82) is 0 Å². The van der Waals surface area contributed by atoms with E-state index >= 15 is 0 Å². The number of hydrogen-bond donors (Lipinski definition) is 1. The molecule has 0 radical (unpaired) electrons. The molecule has 0 rings (SSSR count). The van der Waals surface area contributed by atoms with Crippen LogP contribution in [0.2, 0.25) is 0 Å². The average molecular weight is 149 g/mol. The predicted molar refractivity (Wildman–Crippen MR) is 42.3 cm³/mol. The minimum Gasteiger partial charge on any atom is -0.304 e. The molecule has 1 atom stereocenters. The van der Waals surface area contributed by atoms with Crippen LogP contribution < -0.4 is 5.90 Å². The van der Waals surface area contributed by atoms with Crippen LogP contribution in [0.4, 0.5) is 0 Å². The molecule has 1 unspecified atom stereocenters. The summed E-state index contributed by atoms with van der Waals surface area (Å²) in [6, 6.07) is 0. The molecule has 0 aromatic heterocycles. The lowest BCUT2D eigenvalue weighted by Gasteiger charge is -2.06. The van der Waals surface area contributed by atoms with Gasteiger partial charge in [0.2, 0.25) is 0 Å². The summed E-state index contributed by atoms with van der Waals surface area (Å²) in [5.41, 5.74) is 0. The Bertz CT molecular complexity index is 61.0. The Morgan fingerprint density at radius 3 is 2.78 bits per heavy atom. The van der Waals surface area contributed by atoms with Crippen LogP contribution in [-0.4, -0.2) is 18.1 Å². The molecule has 0 saturated heterocycles. The number of rotatable bonds is 5. The maximum atomic E-state index is 4.89. The van der Waals surface area contributed by atoms with Crippen LogP contribution in [-0.2, 0) is 4.84 Å². The summed E-state index contributed by atoms with van der Waals surface area (Å²) in [7, 11) is 0. The second-order valence-corrected chi connectivity index (χ2v) is 3.42. The van der Waals surface area contributed by atoms with Gasteiger partial charge in [0, 0.05) is 0 Å². The van der Waals surface area contributed by atoms with Gasteiger partial charge < -0.3 is 4.84 Å². The summed E-state index contributed by atoms with van der Waals surface area (Å²) < 4.78 is 0. The molecular formula is C6H15NOS. The molecule has 2 nitrogen and oxygen atoms in total. The fourth-order valence-electron chi connectivity index (χ4n) is 0.531. The van der Waals surface area contributed by atoms with Crippen molar-refractivity contribution in [2.24, 2.45) is 11.8 Å². The van der Waals surface area contributed by atoms with E-state index in [0.717, 1.165) is 5.75 Å². The van der Waals surface area contributed by atoms with E-state index in [4.69, 9.17) is 5.90 Å². The van der Waals surface area contributed by atoms with Crippen LogP contribution in [0.5, 0.6) is 0 Å². The van der Waals surface area contributed by atoms with Gasteiger partial charge in [0.15, 0.2) is 0 Å². The molecule has 2 N–H and O–H groups in total. The smallest absolute Gasteiger partial charge is 0.0712 e. The van der Waals surface area contributed by atoms with Crippen molar-refractivity contribution in [3.63, 3.8) is 0 Å². The van der Waals surface area contributed by atoms with E-state index in [9.17, 15) is 0 Å². The minimum absolute atomic E-state index is 0.583. The maximum Gasteiger partial charge on any atom is 0.0712 e. The van der Waals surface area contributed by atoms with Crippen molar-refractivity contribution < 1.29 is 4.84 Å². The lowest BCUT2D eigenvalue weighted by atomic mass is 10.2. The van der Waals surface area contributed by atoms with Gasteiger partial charge in [-0.2, -0.15) is 11.8 Å². The molecule has 0 saturated carbocycles. The molecule has 0 heterocycles. The second-order valence-electron chi connectivity index (χ2n) is 2.10. The van der Waals surface area contributed by atoms with Crippen LogP contribution >= 0.6 is 11.8 Å². The third kappa shape index (κ3) is 6.15. The Labute approximate surface area is 61.1 Å². The molecule has 0 aromatic carbocycles. The van der Waals surface area contributed by atoms with Crippen molar-refractivity contribution in [2.75, 3.05) is 18.1 Å². The van der Waals surface area contributed by atoms with Crippen LogP contribution in [0.15, 0.2) is 0 Å². The molecule has 9 heavy (non-hydrogen) atoms. The first-order valence-corrected chi connectivity index (χ1v) is 4.36. The number of nitrogens with two attached hydrogens (primary N) is 1. The quantitative estimate of drug-likeness (QED) is 0.598. The van der Waals surface area contributed by atoms with Gasteiger partial charge in [-0.15, -0.1) is 0 Å². The number of thioether (sulfide) groups is 1.